The van der Waals surface area contributed by atoms with Crippen LogP contribution in [0.3, 0.4) is 0 Å². The Bertz CT molecular complexity index is 376. The molecule has 0 aliphatic carbocycles. The Kier molecular flexibility index (Phi) is 2.33. The maximum atomic E-state index is 10.8. The number of carbonyl (C=O) groups excluding carboxylic acids is 1. The monoisotopic (exact) mass is 212 g/mol. The van der Waals surface area contributed by atoms with Crippen molar-refractivity contribution in [2.24, 2.45) is 0 Å². The van der Waals surface area contributed by atoms with Gasteiger partial charge in [-0.25, -0.2) is 0 Å². The molecule has 3 nitrogen and oxygen atoms in total. The van der Waals surface area contributed by atoms with Crippen LogP contribution in [-0.2, 0) is 9.53 Å². The molecule has 0 radical (unpaired) electrons. The first kappa shape index (κ1) is 9.34. The molecule has 1 aliphatic heterocycles. The number of hydrogen-bond donors (Lipinski definition) is 0. The summed E-state index contributed by atoms with van der Waals surface area (Å²) in [6.45, 7) is 1.75. The number of esters is 1. The zero-order valence-corrected chi connectivity index (χ0v) is 8.38. The summed E-state index contributed by atoms with van der Waals surface area (Å²) in [6, 6.07) is 5.29. The molecule has 1 aromatic rings. The van der Waals surface area contributed by atoms with Gasteiger partial charge in [-0.1, -0.05) is 11.6 Å². The lowest BCUT2D eigenvalue weighted by Gasteiger charge is -2.08. The van der Waals surface area contributed by atoms with E-state index >= 15 is 0 Å². The minimum Gasteiger partial charge on any atom is -0.489 e. The van der Waals surface area contributed by atoms with Gasteiger partial charge in [0.1, 0.15) is 12.4 Å². The van der Waals surface area contributed by atoms with Gasteiger partial charge in [0.15, 0.2) is 6.10 Å². The van der Waals surface area contributed by atoms with Gasteiger partial charge >= 0.3 is 5.97 Å². The van der Waals surface area contributed by atoms with E-state index in [0.717, 1.165) is 11.3 Å². The van der Waals surface area contributed by atoms with E-state index in [1.165, 1.54) is 6.92 Å². The maximum Gasteiger partial charge on any atom is 0.303 e. The topological polar surface area (TPSA) is 35.5 Å². The molecule has 0 fully saturated rings. The molecule has 0 saturated heterocycles. The highest BCUT2D eigenvalue weighted by Crippen LogP contribution is 2.36. The van der Waals surface area contributed by atoms with Gasteiger partial charge in [-0.15, -0.1) is 0 Å². The Morgan fingerprint density at radius 1 is 1.64 bits per heavy atom. The Balaban J connectivity index is 2.28. The minimum absolute atomic E-state index is 0.313. The van der Waals surface area contributed by atoms with Gasteiger partial charge in [0, 0.05) is 17.5 Å². The fourth-order valence-electron chi connectivity index (χ4n) is 1.46. The van der Waals surface area contributed by atoms with Crippen LogP contribution in [0.15, 0.2) is 18.2 Å². The normalized spacial score (nSPS) is 18.6. The van der Waals surface area contributed by atoms with Gasteiger partial charge in [0.2, 0.25) is 0 Å². The van der Waals surface area contributed by atoms with E-state index in [-0.39, 0.29) is 12.1 Å². The second-order valence-electron chi connectivity index (χ2n) is 3.09. The van der Waals surface area contributed by atoms with Gasteiger partial charge in [-0.05, 0) is 18.2 Å². The van der Waals surface area contributed by atoms with Crippen molar-refractivity contribution in [1.29, 1.82) is 0 Å². The van der Waals surface area contributed by atoms with Crippen molar-refractivity contribution < 1.29 is 14.3 Å². The van der Waals surface area contributed by atoms with Crippen LogP contribution in [-0.4, -0.2) is 12.6 Å². The summed E-state index contributed by atoms with van der Waals surface area (Å²) in [5.74, 6) is 0.423. The lowest BCUT2D eigenvalue weighted by Crippen LogP contribution is -2.09. The van der Waals surface area contributed by atoms with Crippen LogP contribution in [0.5, 0.6) is 5.75 Å². The second-order valence-corrected chi connectivity index (χ2v) is 3.53. The van der Waals surface area contributed by atoms with Crippen molar-refractivity contribution in [3.05, 3.63) is 28.8 Å². The van der Waals surface area contributed by atoms with Gasteiger partial charge in [0.25, 0.3) is 0 Å². The van der Waals surface area contributed by atoms with Crippen LogP contribution in [0, 0.1) is 0 Å². The summed E-state index contributed by atoms with van der Waals surface area (Å²) in [5.41, 5.74) is 0.840. The summed E-state index contributed by atoms with van der Waals surface area (Å²) >= 11 is 5.83. The van der Waals surface area contributed by atoms with Crippen molar-refractivity contribution in [2.75, 3.05) is 6.61 Å². The molecule has 0 saturated carbocycles. The molecule has 0 amide bonds. The van der Waals surface area contributed by atoms with E-state index in [1.54, 1.807) is 18.2 Å². The molecule has 1 heterocycles. The molecular weight excluding hydrogens is 204 g/mol. The van der Waals surface area contributed by atoms with E-state index in [9.17, 15) is 4.79 Å². The first-order chi connectivity index (χ1) is 6.66. The van der Waals surface area contributed by atoms with E-state index < -0.39 is 0 Å². The number of carbonyl (C=O) groups is 1. The number of ether oxygens (including phenoxy) is 2. The quantitative estimate of drug-likeness (QED) is 0.671. The SMILES string of the molecule is CC(=O)O[C@H]1COc2ccc(Cl)cc21. The van der Waals surface area contributed by atoms with Gasteiger partial charge in [0.05, 0.1) is 0 Å². The smallest absolute Gasteiger partial charge is 0.303 e. The molecule has 1 aromatic carbocycles. The van der Waals surface area contributed by atoms with Crippen molar-refractivity contribution in [3.8, 4) is 5.75 Å². The molecule has 2 rings (SSSR count). The Labute approximate surface area is 86.6 Å². The van der Waals surface area contributed by atoms with Gasteiger partial charge in [-0.3, -0.25) is 4.79 Å². The number of benzene rings is 1. The van der Waals surface area contributed by atoms with Crippen LogP contribution in [0.25, 0.3) is 0 Å². The molecule has 0 aromatic heterocycles. The average molecular weight is 213 g/mol. The lowest BCUT2D eigenvalue weighted by molar-refractivity contribution is -0.147. The maximum absolute atomic E-state index is 10.8. The van der Waals surface area contributed by atoms with Crippen LogP contribution in [0.1, 0.15) is 18.6 Å². The zero-order chi connectivity index (χ0) is 10.1. The highest BCUT2D eigenvalue weighted by molar-refractivity contribution is 6.30. The fourth-order valence-corrected chi connectivity index (χ4v) is 1.64. The molecular formula is C10H9ClO3. The van der Waals surface area contributed by atoms with Crippen LogP contribution < -0.4 is 4.74 Å². The van der Waals surface area contributed by atoms with Crippen LogP contribution in [0.4, 0.5) is 0 Å². The molecule has 14 heavy (non-hydrogen) atoms. The first-order valence-electron chi connectivity index (χ1n) is 4.26. The van der Waals surface area contributed by atoms with Crippen LogP contribution in [0.2, 0.25) is 5.02 Å². The standard InChI is InChI=1S/C10H9ClO3/c1-6(12)14-10-5-13-9-3-2-7(11)4-8(9)10/h2-4,10H,5H2,1H3/t10-/m0/s1. The molecule has 0 N–H and O–H groups in total. The average Bonchev–Trinajstić information content (AvgIpc) is 2.47. The highest BCUT2D eigenvalue weighted by atomic mass is 35.5. The van der Waals surface area contributed by atoms with Crippen molar-refractivity contribution in [3.63, 3.8) is 0 Å². The highest BCUT2D eigenvalue weighted by Gasteiger charge is 2.26. The van der Waals surface area contributed by atoms with E-state index in [1.807, 2.05) is 0 Å². The molecule has 0 unspecified atom stereocenters. The lowest BCUT2D eigenvalue weighted by atomic mass is 10.1. The van der Waals surface area contributed by atoms with E-state index in [4.69, 9.17) is 21.1 Å². The third kappa shape index (κ3) is 1.68. The van der Waals surface area contributed by atoms with E-state index in [2.05, 4.69) is 0 Å². The molecule has 0 bridgehead atoms. The number of halogens is 1. The number of hydrogen-bond acceptors (Lipinski definition) is 3. The summed E-state index contributed by atoms with van der Waals surface area (Å²) in [7, 11) is 0. The number of rotatable bonds is 1. The largest absolute Gasteiger partial charge is 0.489 e. The van der Waals surface area contributed by atoms with Gasteiger partial charge < -0.3 is 9.47 Å². The number of fused-ring (bicyclic) bond motifs is 1. The molecule has 74 valence electrons. The van der Waals surface area contributed by atoms with Crippen molar-refractivity contribution in [2.45, 2.75) is 13.0 Å². The third-order valence-electron chi connectivity index (χ3n) is 2.02. The minimum atomic E-state index is -0.318. The van der Waals surface area contributed by atoms with Crippen LogP contribution >= 0.6 is 11.6 Å². The Morgan fingerprint density at radius 2 is 2.43 bits per heavy atom. The fraction of sp³-hybridized carbons (Fsp3) is 0.300. The first-order valence-corrected chi connectivity index (χ1v) is 4.64. The van der Waals surface area contributed by atoms with Crippen molar-refractivity contribution >= 4 is 17.6 Å². The summed E-state index contributed by atoms with van der Waals surface area (Å²) in [4.78, 5) is 10.8. The molecule has 0 spiro atoms. The summed E-state index contributed by atoms with van der Waals surface area (Å²) in [5, 5.41) is 0.617. The third-order valence-corrected chi connectivity index (χ3v) is 2.25. The second kappa shape index (κ2) is 3.50. The molecule has 4 heteroatoms. The molecule has 1 aliphatic rings. The summed E-state index contributed by atoms with van der Waals surface area (Å²) < 4.78 is 10.4. The predicted octanol–water partition coefficient (Wildman–Crippen LogP) is 2.34. The summed E-state index contributed by atoms with van der Waals surface area (Å²) in [6.07, 6.45) is -0.318. The predicted molar refractivity (Wildman–Crippen MR) is 51.5 cm³/mol. The van der Waals surface area contributed by atoms with Gasteiger partial charge in [-0.2, -0.15) is 0 Å². The Morgan fingerprint density at radius 3 is 3.14 bits per heavy atom. The molecule has 1 atom stereocenters. The zero-order valence-electron chi connectivity index (χ0n) is 7.62. The van der Waals surface area contributed by atoms with E-state index in [0.29, 0.717) is 11.6 Å². The van der Waals surface area contributed by atoms with Crippen molar-refractivity contribution in [1.82, 2.24) is 0 Å². The Hall–Kier alpha value is -1.22.